The molecule has 0 fully saturated rings. The van der Waals surface area contributed by atoms with Gasteiger partial charge in [-0.15, -0.1) is 13.2 Å². The largest absolute Gasteiger partial charge is 0.573 e. The lowest BCUT2D eigenvalue weighted by molar-refractivity contribution is -0.349. The van der Waals surface area contributed by atoms with E-state index in [0.29, 0.717) is 12.4 Å². The number of hydrogen-bond donors (Lipinski definition) is 0. The van der Waals surface area contributed by atoms with Crippen molar-refractivity contribution in [3.05, 3.63) is 70.5 Å². The summed E-state index contributed by atoms with van der Waals surface area (Å²) in [4.78, 5) is 0. The third-order valence-electron chi connectivity index (χ3n) is 7.00. The van der Waals surface area contributed by atoms with Gasteiger partial charge in [-0.1, -0.05) is 23.2 Å². The summed E-state index contributed by atoms with van der Waals surface area (Å²) in [6, 6.07) is -2.21. The molecule has 2 heterocycles. The van der Waals surface area contributed by atoms with Crippen LogP contribution in [0.3, 0.4) is 0 Å². The van der Waals surface area contributed by atoms with Crippen molar-refractivity contribution in [1.29, 1.82) is 0 Å². The van der Waals surface area contributed by atoms with Crippen molar-refractivity contribution in [3.63, 3.8) is 0 Å². The third-order valence-corrected chi connectivity index (χ3v) is 9.16. The van der Waals surface area contributed by atoms with E-state index < -0.39 is 122 Å². The topological polar surface area (TPSA) is 44.9 Å². The Labute approximate surface area is 326 Å². The second kappa shape index (κ2) is 14.0. The monoisotopic (exact) mass is 1090 g/mol. The fourth-order valence-electron chi connectivity index (χ4n) is 4.68. The normalized spacial score (nSPS) is 14.2. The van der Waals surface area contributed by atoms with Gasteiger partial charge in [0.2, 0.25) is 0 Å². The molecule has 0 bridgehead atoms. The smallest absolute Gasteiger partial charge is 0.403 e. The van der Waals surface area contributed by atoms with E-state index in [1.165, 1.54) is 45.2 Å². The van der Waals surface area contributed by atoms with Crippen molar-refractivity contribution in [2.75, 3.05) is 0 Å². The van der Waals surface area contributed by atoms with Crippen molar-refractivity contribution >= 4 is 68.4 Å². The SMILES string of the molecule is FC(F)(F)Oc1cc(C(F)(C(F)(F)F)C(F)(F)F)cc(Cl)c1-n1cc(I)c(-c2nn(-c3c(Cl)cc(C(F)(C(F)(F)F)C(F)(F)F)cc3C(F)(F)F)cc2I)n1. The standard InChI is InChI=1S/C26H6Cl2F20I2N4O/c27-10-2-7(19(29,22(34,35)36)23(37,38)39)1-9(21(31,32)33)17(10)53-5-12(49)15(51-53)16-13(50)6-54(52-16)18-11(28)3-8(4-14(18)55-26(46,47)48)20(30,24(40,41)42)25(43,44)45/h1-6H. The highest BCUT2D eigenvalue weighted by atomic mass is 127. The van der Waals surface area contributed by atoms with Crippen LogP contribution in [0.2, 0.25) is 10.0 Å². The predicted molar refractivity (Wildman–Crippen MR) is 163 cm³/mol. The maximum atomic E-state index is 14.8. The zero-order valence-corrected chi connectivity index (χ0v) is 30.6. The van der Waals surface area contributed by atoms with Gasteiger partial charge in [0.05, 0.1) is 28.4 Å². The van der Waals surface area contributed by atoms with Crippen LogP contribution in [0.1, 0.15) is 16.7 Å². The summed E-state index contributed by atoms with van der Waals surface area (Å²) < 4.78 is 276. The van der Waals surface area contributed by atoms with Crippen LogP contribution in [0.4, 0.5) is 87.8 Å². The molecule has 4 rings (SSSR count). The van der Waals surface area contributed by atoms with E-state index in [9.17, 15) is 87.8 Å². The number of hydrogen-bond acceptors (Lipinski definition) is 3. The molecule has 0 amide bonds. The lowest BCUT2D eigenvalue weighted by Crippen LogP contribution is -2.50. The third kappa shape index (κ3) is 8.07. The van der Waals surface area contributed by atoms with Crippen LogP contribution in [-0.4, -0.2) is 50.6 Å². The Bertz CT molecular complexity index is 2080. The number of nitrogens with zero attached hydrogens (tertiary/aromatic N) is 4. The molecule has 2 aromatic heterocycles. The molecular weight excluding hydrogens is 1090 g/mol. The van der Waals surface area contributed by atoms with Gasteiger partial charge in [-0.25, -0.2) is 18.1 Å². The van der Waals surface area contributed by atoms with Gasteiger partial charge in [-0.2, -0.15) is 76.1 Å². The summed E-state index contributed by atoms with van der Waals surface area (Å²) in [6.07, 6.45) is -37.8. The van der Waals surface area contributed by atoms with E-state index in [2.05, 4.69) is 14.9 Å². The Kier molecular flexibility index (Phi) is 11.5. The lowest BCUT2D eigenvalue weighted by Gasteiger charge is -2.31. The van der Waals surface area contributed by atoms with Crippen LogP contribution in [0, 0.1) is 7.14 Å². The van der Waals surface area contributed by atoms with E-state index in [4.69, 9.17) is 23.2 Å². The van der Waals surface area contributed by atoms with Crippen LogP contribution >= 0.6 is 68.4 Å². The van der Waals surface area contributed by atoms with Crippen molar-refractivity contribution < 1.29 is 92.5 Å². The molecule has 0 spiro atoms. The summed E-state index contributed by atoms with van der Waals surface area (Å²) in [5, 5.41) is 4.42. The molecule has 4 aromatic rings. The van der Waals surface area contributed by atoms with E-state index in [0.717, 1.165) is 0 Å². The average Bonchev–Trinajstić information content (AvgIpc) is 3.52. The number of halogens is 24. The first-order valence-electron chi connectivity index (χ1n) is 13.1. The Morgan fingerprint density at radius 1 is 0.509 bits per heavy atom. The zero-order chi connectivity index (χ0) is 42.4. The maximum Gasteiger partial charge on any atom is 0.573 e. The van der Waals surface area contributed by atoms with Crippen molar-refractivity contribution in [2.45, 2.75) is 48.6 Å². The molecule has 0 unspecified atom stereocenters. The van der Waals surface area contributed by atoms with Crippen LogP contribution in [0.5, 0.6) is 5.75 Å². The number of ether oxygens (including phenoxy) is 1. The fraction of sp³-hybridized carbons (Fsp3) is 0.308. The maximum absolute atomic E-state index is 14.8. The summed E-state index contributed by atoms with van der Waals surface area (Å²) in [6.45, 7) is 0. The zero-order valence-electron chi connectivity index (χ0n) is 24.7. The first-order chi connectivity index (χ1) is 24.5. The molecule has 29 heteroatoms. The highest BCUT2D eigenvalue weighted by molar-refractivity contribution is 14.1. The highest BCUT2D eigenvalue weighted by Crippen LogP contribution is 2.56. The first-order valence-corrected chi connectivity index (χ1v) is 16.1. The van der Waals surface area contributed by atoms with Gasteiger partial charge in [0.15, 0.2) is 5.75 Å². The van der Waals surface area contributed by atoms with Gasteiger partial charge in [-0.3, -0.25) is 0 Å². The molecule has 0 N–H and O–H groups in total. The van der Waals surface area contributed by atoms with Crippen LogP contribution in [0.25, 0.3) is 22.8 Å². The molecule has 0 aliphatic rings. The van der Waals surface area contributed by atoms with Crippen LogP contribution in [0.15, 0.2) is 36.7 Å². The second-order valence-electron chi connectivity index (χ2n) is 10.6. The van der Waals surface area contributed by atoms with E-state index >= 15 is 0 Å². The molecular formula is C26H6Cl2F20I2N4O. The minimum absolute atomic E-state index is 0.136. The van der Waals surface area contributed by atoms with Crippen LogP contribution in [-0.2, 0) is 17.5 Å². The fourth-order valence-corrected chi connectivity index (χ4v) is 6.53. The minimum atomic E-state index is -6.86. The number of benzene rings is 2. The van der Waals surface area contributed by atoms with Crippen LogP contribution < -0.4 is 4.74 Å². The minimum Gasteiger partial charge on any atom is -0.403 e. The number of alkyl halides is 20. The molecule has 304 valence electrons. The molecule has 0 atom stereocenters. The number of rotatable bonds is 6. The molecule has 0 saturated carbocycles. The molecule has 0 saturated heterocycles. The molecule has 0 radical (unpaired) electrons. The second-order valence-corrected chi connectivity index (χ2v) is 13.7. The summed E-state index contributed by atoms with van der Waals surface area (Å²) in [5.74, 6) is -1.99. The molecule has 2 aromatic carbocycles. The first kappa shape index (κ1) is 45.0. The molecule has 5 nitrogen and oxygen atoms in total. The van der Waals surface area contributed by atoms with Gasteiger partial charge in [0.25, 0.3) is 0 Å². The predicted octanol–water partition coefficient (Wildman–Crippen LogP) is 12.7. The summed E-state index contributed by atoms with van der Waals surface area (Å²) in [7, 11) is 0. The van der Waals surface area contributed by atoms with E-state index in [-0.39, 0.29) is 22.6 Å². The quantitative estimate of drug-likeness (QED) is 0.143. The lowest BCUT2D eigenvalue weighted by atomic mass is 9.92. The summed E-state index contributed by atoms with van der Waals surface area (Å²) in [5.41, 5.74) is -24.2. The van der Waals surface area contributed by atoms with Gasteiger partial charge in [0.1, 0.15) is 17.1 Å². The molecule has 0 aliphatic heterocycles. The van der Waals surface area contributed by atoms with Gasteiger partial charge >= 0.3 is 48.6 Å². The average molecular weight is 1100 g/mol. The molecule has 55 heavy (non-hydrogen) atoms. The van der Waals surface area contributed by atoms with Gasteiger partial charge in [0, 0.05) is 23.5 Å². The molecule has 0 aliphatic carbocycles. The van der Waals surface area contributed by atoms with Crippen molar-refractivity contribution in [1.82, 2.24) is 19.6 Å². The number of aromatic nitrogens is 4. The Balaban J connectivity index is 1.95. The summed E-state index contributed by atoms with van der Waals surface area (Å²) >= 11 is 14.2. The Morgan fingerprint density at radius 2 is 0.855 bits per heavy atom. The van der Waals surface area contributed by atoms with Crippen molar-refractivity contribution in [3.8, 4) is 28.5 Å². The van der Waals surface area contributed by atoms with Gasteiger partial charge in [-0.05, 0) is 69.4 Å². The highest BCUT2D eigenvalue weighted by Gasteiger charge is 2.75. The van der Waals surface area contributed by atoms with Crippen molar-refractivity contribution in [2.24, 2.45) is 0 Å². The Hall–Kier alpha value is -2.70. The van der Waals surface area contributed by atoms with Gasteiger partial charge < -0.3 is 4.74 Å². The van der Waals surface area contributed by atoms with E-state index in [1.807, 2.05) is 0 Å². The van der Waals surface area contributed by atoms with E-state index in [1.54, 1.807) is 0 Å². The Morgan fingerprint density at radius 3 is 1.20 bits per heavy atom.